The molecule has 0 aliphatic rings. The van der Waals surface area contributed by atoms with Gasteiger partial charge in [-0.05, 0) is 56.2 Å². The summed E-state index contributed by atoms with van der Waals surface area (Å²) in [7, 11) is 0. The zero-order valence-corrected chi connectivity index (χ0v) is 21.9. The zero-order chi connectivity index (χ0) is 27.7. The van der Waals surface area contributed by atoms with Gasteiger partial charge in [-0.3, -0.25) is 9.36 Å². The fourth-order valence-electron chi connectivity index (χ4n) is 4.66. The number of hydrogen-bond acceptors (Lipinski definition) is 4. The number of aromatic nitrogens is 4. The van der Waals surface area contributed by atoms with Crippen molar-refractivity contribution in [2.24, 2.45) is 0 Å². The lowest BCUT2D eigenvalue weighted by Crippen LogP contribution is -2.25. The minimum absolute atomic E-state index is 0.0634. The highest BCUT2D eigenvalue weighted by molar-refractivity contribution is 5.86. The van der Waals surface area contributed by atoms with E-state index in [4.69, 9.17) is 4.74 Å². The number of nitrogens with zero attached hydrogens (tertiary/aromatic N) is 4. The molecule has 0 spiro atoms. The Morgan fingerprint density at radius 2 is 1.72 bits per heavy atom. The van der Waals surface area contributed by atoms with Gasteiger partial charge in [0.05, 0.1) is 12.1 Å². The molecule has 9 heteroatoms. The van der Waals surface area contributed by atoms with Crippen molar-refractivity contribution in [3.05, 3.63) is 117 Å². The van der Waals surface area contributed by atoms with Gasteiger partial charge in [0.2, 0.25) is 0 Å². The minimum Gasteiger partial charge on any atom is -0.369 e. The fraction of sp³-hybridized carbons (Fsp3) is 0.233. The highest BCUT2D eigenvalue weighted by atomic mass is 19.1. The number of pyridine rings is 1. The van der Waals surface area contributed by atoms with E-state index < -0.39 is 22.8 Å². The molecule has 0 aliphatic carbocycles. The van der Waals surface area contributed by atoms with Crippen LogP contribution in [-0.4, -0.2) is 18.9 Å². The van der Waals surface area contributed by atoms with Crippen molar-refractivity contribution in [3.63, 3.8) is 0 Å². The first kappa shape index (κ1) is 26.2. The van der Waals surface area contributed by atoms with Crippen molar-refractivity contribution < 1.29 is 13.5 Å². The Kier molecular flexibility index (Phi) is 7.26. The molecule has 5 rings (SSSR count). The normalized spacial score (nSPS) is 11.5. The molecular weight excluding hydrogens is 502 g/mol. The van der Waals surface area contributed by atoms with Gasteiger partial charge >= 0.3 is 5.69 Å². The fourth-order valence-corrected chi connectivity index (χ4v) is 4.66. The standard InChI is InChI=1S/C30H28F2N4O3/c1-4-34-28(18-39-17-20-9-6-5-7-10-20)33-36(30(34)38)27-15-26-23(14-25(27)32)29(37)24(16-35(26)19(2)3)21-11-8-12-22(31)13-21/h5-16,19H,4,17-18H2,1-3H3. The summed E-state index contributed by atoms with van der Waals surface area (Å²) in [5.74, 6) is -0.884. The van der Waals surface area contributed by atoms with Crippen molar-refractivity contribution in [2.75, 3.05) is 0 Å². The van der Waals surface area contributed by atoms with E-state index in [1.807, 2.05) is 48.7 Å². The topological polar surface area (TPSA) is 71.0 Å². The molecule has 0 saturated heterocycles. The molecule has 0 atom stereocenters. The van der Waals surface area contributed by atoms with Gasteiger partial charge in [0.25, 0.3) is 0 Å². The van der Waals surface area contributed by atoms with Gasteiger partial charge in [0.1, 0.15) is 23.9 Å². The molecule has 0 N–H and O–H groups in total. The van der Waals surface area contributed by atoms with Crippen LogP contribution in [0.15, 0.2) is 82.5 Å². The van der Waals surface area contributed by atoms with E-state index in [9.17, 15) is 14.0 Å². The molecule has 2 aromatic heterocycles. The second-order valence-electron chi connectivity index (χ2n) is 9.54. The first-order valence-corrected chi connectivity index (χ1v) is 12.7. The molecule has 0 fully saturated rings. The van der Waals surface area contributed by atoms with Gasteiger partial charge in [-0.25, -0.2) is 13.6 Å². The van der Waals surface area contributed by atoms with Crippen LogP contribution in [0.3, 0.4) is 0 Å². The Bertz CT molecular complexity index is 1770. The molecule has 3 aromatic carbocycles. The van der Waals surface area contributed by atoms with Crippen LogP contribution in [-0.2, 0) is 24.5 Å². The maximum atomic E-state index is 15.6. The lowest BCUT2D eigenvalue weighted by molar-refractivity contribution is 0.0989. The molecule has 0 aliphatic heterocycles. The Hall–Kier alpha value is -4.37. The molecule has 7 nitrogen and oxygen atoms in total. The first-order chi connectivity index (χ1) is 18.8. The molecule has 0 unspecified atom stereocenters. The summed E-state index contributed by atoms with van der Waals surface area (Å²) in [5, 5.41) is 4.52. The van der Waals surface area contributed by atoms with E-state index >= 15 is 4.39 Å². The van der Waals surface area contributed by atoms with Crippen molar-refractivity contribution in [1.29, 1.82) is 0 Å². The third kappa shape index (κ3) is 5.05. The second kappa shape index (κ2) is 10.8. The summed E-state index contributed by atoms with van der Waals surface area (Å²) in [6.45, 7) is 6.37. The van der Waals surface area contributed by atoms with Crippen LogP contribution < -0.4 is 11.1 Å². The van der Waals surface area contributed by atoms with Gasteiger partial charge < -0.3 is 9.30 Å². The number of fused-ring (bicyclic) bond motifs is 1. The van der Waals surface area contributed by atoms with E-state index in [-0.39, 0.29) is 29.3 Å². The summed E-state index contributed by atoms with van der Waals surface area (Å²) >= 11 is 0. The predicted octanol–water partition coefficient (Wildman–Crippen LogP) is 5.61. The van der Waals surface area contributed by atoms with E-state index in [0.717, 1.165) is 16.3 Å². The summed E-state index contributed by atoms with van der Waals surface area (Å²) in [6.07, 6.45) is 1.64. The van der Waals surface area contributed by atoms with Crippen LogP contribution in [0.25, 0.3) is 27.7 Å². The Labute approximate surface area is 223 Å². The average Bonchev–Trinajstić information content (AvgIpc) is 3.24. The Morgan fingerprint density at radius 1 is 0.949 bits per heavy atom. The third-order valence-electron chi connectivity index (χ3n) is 6.62. The maximum absolute atomic E-state index is 15.6. The second-order valence-corrected chi connectivity index (χ2v) is 9.54. The average molecular weight is 531 g/mol. The number of hydrogen-bond donors (Lipinski definition) is 0. The Balaban J connectivity index is 1.60. The Morgan fingerprint density at radius 3 is 2.41 bits per heavy atom. The summed E-state index contributed by atoms with van der Waals surface area (Å²) < 4.78 is 39.5. The largest absolute Gasteiger partial charge is 0.369 e. The minimum atomic E-state index is -0.772. The summed E-state index contributed by atoms with van der Waals surface area (Å²) in [5.41, 5.74) is 1.06. The van der Waals surface area contributed by atoms with Gasteiger partial charge in [-0.1, -0.05) is 42.5 Å². The van der Waals surface area contributed by atoms with Crippen molar-refractivity contribution in [2.45, 2.75) is 46.6 Å². The monoisotopic (exact) mass is 530 g/mol. The molecule has 5 aromatic rings. The highest BCUT2D eigenvalue weighted by Gasteiger charge is 2.20. The number of halogens is 2. The first-order valence-electron chi connectivity index (χ1n) is 12.7. The van der Waals surface area contributed by atoms with Crippen LogP contribution >= 0.6 is 0 Å². The highest BCUT2D eigenvalue weighted by Crippen LogP contribution is 2.26. The molecule has 0 radical (unpaired) electrons. The molecule has 0 bridgehead atoms. The maximum Gasteiger partial charge on any atom is 0.350 e. The van der Waals surface area contributed by atoms with Gasteiger partial charge in [-0.15, -0.1) is 5.10 Å². The molecule has 2 heterocycles. The number of ether oxygens (including phenoxy) is 1. The quantitative estimate of drug-likeness (QED) is 0.261. The van der Waals surface area contributed by atoms with E-state index in [1.54, 1.807) is 19.2 Å². The van der Waals surface area contributed by atoms with Crippen LogP contribution in [0, 0.1) is 11.6 Å². The van der Waals surface area contributed by atoms with E-state index in [1.165, 1.54) is 28.8 Å². The van der Waals surface area contributed by atoms with Gasteiger partial charge in [-0.2, -0.15) is 4.68 Å². The lowest BCUT2D eigenvalue weighted by Gasteiger charge is -2.18. The summed E-state index contributed by atoms with van der Waals surface area (Å²) in [6, 6.07) is 17.8. The molecule has 39 heavy (non-hydrogen) atoms. The number of rotatable bonds is 8. The van der Waals surface area contributed by atoms with E-state index in [0.29, 0.717) is 30.1 Å². The van der Waals surface area contributed by atoms with Crippen molar-refractivity contribution in [3.8, 4) is 16.8 Å². The third-order valence-corrected chi connectivity index (χ3v) is 6.62. The molecule has 200 valence electrons. The number of benzene rings is 3. The summed E-state index contributed by atoms with van der Waals surface area (Å²) in [4.78, 5) is 26.7. The van der Waals surface area contributed by atoms with Gasteiger partial charge in [0.15, 0.2) is 11.3 Å². The van der Waals surface area contributed by atoms with Crippen LogP contribution in [0.2, 0.25) is 0 Å². The van der Waals surface area contributed by atoms with Crippen molar-refractivity contribution >= 4 is 10.9 Å². The molecule has 0 saturated carbocycles. The van der Waals surface area contributed by atoms with Crippen LogP contribution in [0.1, 0.15) is 38.2 Å². The predicted molar refractivity (Wildman–Crippen MR) is 146 cm³/mol. The zero-order valence-electron chi connectivity index (χ0n) is 21.9. The van der Waals surface area contributed by atoms with Crippen LogP contribution in [0.4, 0.5) is 8.78 Å². The van der Waals surface area contributed by atoms with Crippen molar-refractivity contribution in [1.82, 2.24) is 18.9 Å². The van der Waals surface area contributed by atoms with E-state index in [2.05, 4.69) is 5.10 Å². The lowest BCUT2D eigenvalue weighted by atomic mass is 10.0. The molecule has 0 amide bonds. The molecular formula is C30H28F2N4O3. The SMILES string of the molecule is CCn1c(COCc2ccccc2)nn(-c2cc3c(cc2F)c(=O)c(-c2cccc(F)c2)cn3C(C)C)c1=O. The van der Waals surface area contributed by atoms with Crippen LogP contribution in [0.5, 0.6) is 0 Å². The smallest absolute Gasteiger partial charge is 0.350 e. The van der Waals surface area contributed by atoms with Gasteiger partial charge in [0, 0.05) is 29.7 Å².